The number of imidazole rings is 1. The van der Waals surface area contributed by atoms with Crippen molar-refractivity contribution in [3.05, 3.63) is 30.1 Å². The zero-order valence-corrected chi connectivity index (χ0v) is 18.8. The summed E-state index contributed by atoms with van der Waals surface area (Å²) < 4.78 is 0. The topological polar surface area (TPSA) is 68.3 Å². The van der Waals surface area contributed by atoms with Crippen LogP contribution in [0.5, 0.6) is 0 Å². The molecule has 0 atom stereocenters. The average molecular weight is 484 g/mol. The van der Waals surface area contributed by atoms with E-state index in [0.29, 0.717) is 6.04 Å². The molecule has 1 aliphatic rings. The van der Waals surface area contributed by atoms with Gasteiger partial charge in [-0.2, -0.15) is 0 Å². The third kappa shape index (κ3) is 6.64. The first kappa shape index (κ1) is 21.9. The first-order valence-corrected chi connectivity index (χ1v) is 9.91. The summed E-state index contributed by atoms with van der Waals surface area (Å²) in [6.07, 6.45) is 5.59. The van der Waals surface area contributed by atoms with Gasteiger partial charge in [0.1, 0.15) is 5.82 Å². The number of nitrogens with one attached hydrogen (secondary N) is 3. The molecule has 7 heteroatoms. The van der Waals surface area contributed by atoms with Crippen molar-refractivity contribution in [2.24, 2.45) is 4.99 Å². The fraction of sp³-hybridized carbons (Fsp3) is 0.600. The first-order valence-electron chi connectivity index (χ1n) is 9.91. The number of hydrogen-bond donors (Lipinski definition) is 3. The third-order valence-corrected chi connectivity index (χ3v) is 5.01. The number of piperidine rings is 1. The number of aliphatic imine (C=N–C) groups is 1. The Balaban J connectivity index is 0.00000261. The molecular formula is C20H33IN6. The lowest BCUT2D eigenvalue weighted by molar-refractivity contribution is 0.206. The van der Waals surface area contributed by atoms with E-state index in [1.54, 1.807) is 0 Å². The molecule has 0 spiro atoms. The second-order valence-electron chi connectivity index (χ2n) is 7.06. The monoisotopic (exact) mass is 484 g/mol. The van der Waals surface area contributed by atoms with Crippen LogP contribution in [-0.4, -0.2) is 60.1 Å². The molecule has 1 saturated heterocycles. The number of aromatic nitrogens is 2. The van der Waals surface area contributed by atoms with E-state index in [0.717, 1.165) is 42.2 Å². The number of halogens is 1. The van der Waals surface area contributed by atoms with Gasteiger partial charge in [0.05, 0.1) is 11.0 Å². The van der Waals surface area contributed by atoms with Crippen LogP contribution in [0.3, 0.4) is 0 Å². The number of hydrogen-bond acceptors (Lipinski definition) is 3. The van der Waals surface area contributed by atoms with Gasteiger partial charge in [-0.25, -0.2) is 4.98 Å². The minimum absolute atomic E-state index is 0. The maximum Gasteiger partial charge on any atom is 0.191 e. The number of guanidine groups is 1. The molecule has 6 nitrogen and oxygen atoms in total. The Morgan fingerprint density at radius 2 is 2.07 bits per heavy atom. The summed E-state index contributed by atoms with van der Waals surface area (Å²) in [4.78, 5) is 15.0. The molecule has 0 bridgehead atoms. The highest BCUT2D eigenvalue weighted by Gasteiger charge is 2.19. The number of fused-ring (bicyclic) bond motifs is 1. The fourth-order valence-corrected chi connectivity index (χ4v) is 3.59. The van der Waals surface area contributed by atoms with E-state index in [1.807, 2.05) is 25.2 Å². The van der Waals surface area contributed by atoms with Crippen molar-refractivity contribution < 1.29 is 0 Å². The van der Waals surface area contributed by atoms with Gasteiger partial charge in [0, 0.05) is 39.1 Å². The molecule has 1 fully saturated rings. The summed E-state index contributed by atoms with van der Waals surface area (Å²) in [6, 6.07) is 8.71. The Bertz CT molecular complexity index is 672. The molecule has 150 valence electrons. The van der Waals surface area contributed by atoms with Gasteiger partial charge in [-0.1, -0.05) is 19.1 Å². The second kappa shape index (κ2) is 11.5. The standard InChI is InChI=1S/C20H32N6.HI/c1-3-13-26-14-10-16(11-15-26)23-20(21-2)22-12-6-9-19-24-17-7-4-5-8-18(17)25-19;/h4-5,7-8,16H,3,6,9-15H2,1-2H3,(H,24,25)(H2,21,22,23);1H. The van der Waals surface area contributed by atoms with Gasteiger partial charge in [-0.15, -0.1) is 24.0 Å². The Labute approximate surface area is 179 Å². The van der Waals surface area contributed by atoms with E-state index in [1.165, 1.54) is 38.9 Å². The SMILES string of the molecule is CCCN1CCC(NC(=NC)NCCCc2nc3ccccc3[nH]2)CC1.I. The van der Waals surface area contributed by atoms with Gasteiger partial charge in [0.15, 0.2) is 5.96 Å². The minimum atomic E-state index is 0. The quantitative estimate of drug-likeness (QED) is 0.245. The lowest BCUT2D eigenvalue weighted by Gasteiger charge is -2.32. The molecule has 0 aliphatic carbocycles. The van der Waals surface area contributed by atoms with Crippen LogP contribution in [-0.2, 0) is 6.42 Å². The smallest absolute Gasteiger partial charge is 0.191 e. The summed E-state index contributed by atoms with van der Waals surface area (Å²) in [5.74, 6) is 1.97. The average Bonchev–Trinajstić information content (AvgIpc) is 3.08. The predicted octanol–water partition coefficient (Wildman–Crippen LogP) is 3.15. The molecule has 0 saturated carbocycles. The van der Waals surface area contributed by atoms with Gasteiger partial charge < -0.3 is 20.5 Å². The van der Waals surface area contributed by atoms with Crippen LogP contribution in [0.2, 0.25) is 0 Å². The lowest BCUT2D eigenvalue weighted by Crippen LogP contribution is -2.48. The highest BCUT2D eigenvalue weighted by Crippen LogP contribution is 2.12. The van der Waals surface area contributed by atoms with Crippen molar-refractivity contribution in [2.75, 3.05) is 33.2 Å². The molecule has 0 radical (unpaired) electrons. The summed E-state index contributed by atoms with van der Waals surface area (Å²) in [7, 11) is 1.85. The Kier molecular flexibility index (Phi) is 9.33. The zero-order chi connectivity index (χ0) is 18.2. The number of rotatable bonds is 7. The molecule has 0 unspecified atom stereocenters. The van der Waals surface area contributed by atoms with E-state index >= 15 is 0 Å². The normalized spacial score (nSPS) is 16.3. The van der Waals surface area contributed by atoms with Crippen molar-refractivity contribution in [1.82, 2.24) is 25.5 Å². The van der Waals surface area contributed by atoms with Crippen molar-refractivity contribution in [2.45, 2.75) is 45.1 Å². The van der Waals surface area contributed by atoms with Crippen LogP contribution >= 0.6 is 24.0 Å². The predicted molar refractivity (Wildman–Crippen MR) is 124 cm³/mol. The van der Waals surface area contributed by atoms with Crippen molar-refractivity contribution in [3.63, 3.8) is 0 Å². The maximum atomic E-state index is 4.63. The van der Waals surface area contributed by atoms with Crippen LogP contribution in [0.15, 0.2) is 29.3 Å². The molecule has 2 heterocycles. The summed E-state index contributed by atoms with van der Waals surface area (Å²) in [5, 5.41) is 7.02. The van der Waals surface area contributed by atoms with Crippen LogP contribution in [0.25, 0.3) is 11.0 Å². The third-order valence-electron chi connectivity index (χ3n) is 5.01. The summed E-state index contributed by atoms with van der Waals surface area (Å²) >= 11 is 0. The van der Waals surface area contributed by atoms with Crippen LogP contribution in [0.1, 0.15) is 38.4 Å². The van der Waals surface area contributed by atoms with E-state index in [9.17, 15) is 0 Å². The van der Waals surface area contributed by atoms with Gasteiger partial charge in [-0.05, 0) is 44.4 Å². The molecule has 1 aromatic heterocycles. The van der Waals surface area contributed by atoms with E-state index in [-0.39, 0.29) is 24.0 Å². The molecule has 0 amide bonds. The van der Waals surface area contributed by atoms with E-state index in [4.69, 9.17) is 0 Å². The number of aromatic amines is 1. The lowest BCUT2D eigenvalue weighted by atomic mass is 10.1. The molecule has 2 aromatic rings. The summed E-state index contributed by atoms with van der Waals surface area (Å²) in [5.41, 5.74) is 2.16. The number of nitrogens with zero attached hydrogens (tertiary/aromatic N) is 3. The summed E-state index contributed by atoms with van der Waals surface area (Å²) in [6.45, 7) is 6.75. The molecule has 3 rings (SSSR count). The minimum Gasteiger partial charge on any atom is -0.356 e. The fourth-order valence-electron chi connectivity index (χ4n) is 3.59. The van der Waals surface area contributed by atoms with Crippen molar-refractivity contribution >= 4 is 41.0 Å². The van der Waals surface area contributed by atoms with Gasteiger partial charge in [0.2, 0.25) is 0 Å². The number of para-hydroxylation sites is 2. The largest absolute Gasteiger partial charge is 0.356 e. The Hall–Kier alpha value is -1.35. The van der Waals surface area contributed by atoms with Gasteiger partial charge >= 0.3 is 0 Å². The van der Waals surface area contributed by atoms with Crippen molar-refractivity contribution in [1.29, 1.82) is 0 Å². The number of benzene rings is 1. The van der Waals surface area contributed by atoms with Crippen LogP contribution in [0.4, 0.5) is 0 Å². The first-order chi connectivity index (χ1) is 12.8. The Morgan fingerprint density at radius 3 is 2.78 bits per heavy atom. The van der Waals surface area contributed by atoms with Gasteiger partial charge in [-0.3, -0.25) is 4.99 Å². The van der Waals surface area contributed by atoms with Gasteiger partial charge in [0.25, 0.3) is 0 Å². The molecule has 1 aromatic carbocycles. The highest BCUT2D eigenvalue weighted by atomic mass is 127. The van der Waals surface area contributed by atoms with E-state index < -0.39 is 0 Å². The van der Waals surface area contributed by atoms with Crippen LogP contribution in [0, 0.1) is 0 Å². The highest BCUT2D eigenvalue weighted by molar-refractivity contribution is 14.0. The molecule has 1 aliphatic heterocycles. The molecule has 27 heavy (non-hydrogen) atoms. The van der Waals surface area contributed by atoms with E-state index in [2.05, 4.69) is 43.5 Å². The number of aryl methyl sites for hydroxylation is 1. The maximum absolute atomic E-state index is 4.63. The number of H-pyrrole nitrogens is 1. The molecular weight excluding hydrogens is 451 g/mol. The van der Waals surface area contributed by atoms with Crippen molar-refractivity contribution in [3.8, 4) is 0 Å². The Morgan fingerprint density at radius 1 is 1.30 bits per heavy atom. The molecule has 3 N–H and O–H groups in total. The zero-order valence-electron chi connectivity index (χ0n) is 16.5. The number of likely N-dealkylation sites (tertiary alicyclic amines) is 1. The van der Waals surface area contributed by atoms with Crippen LogP contribution < -0.4 is 10.6 Å². The second-order valence-corrected chi connectivity index (χ2v) is 7.06.